The van der Waals surface area contributed by atoms with Crippen LogP contribution in [0, 0.1) is 5.82 Å². The number of amides is 2. The lowest BCUT2D eigenvalue weighted by Crippen LogP contribution is -2.43. The zero-order chi connectivity index (χ0) is 16.6. The number of carbonyl (C=O) groups is 1. The van der Waals surface area contributed by atoms with Crippen LogP contribution in [-0.2, 0) is 4.84 Å². The number of rotatable bonds is 2. The Labute approximate surface area is 134 Å². The van der Waals surface area contributed by atoms with E-state index in [1.165, 1.54) is 11.1 Å². The molecule has 1 unspecified atom stereocenters. The van der Waals surface area contributed by atoms with Gasteiger partial charge in [-0.1, -0.05) is 42.5 Å². The van der Waals surface area contributed by atoms with E-state index in [4.69, 9.17) is 4.84 Å². The monoisotopic (exact) mass is 314 g/mol. The zero-order valence-electron chi connectivity index (χ0n) is 13.3. The maximum absolute atomic E-state index is 14.3. The molecule has 3 rings (SSSR count). The van der Waals surface area contributed by atoms with Crippen LogP contribution in [0.1, 0.15) is 32.6 Å². The highest BCUT2D eigenvalue weighted by Gasteiger charge is 2.44. The Morgan fingerprint density at radius 2 is 1.87 bits per heavy atom. The van der Waals surface area contributed by atoms with E-state index in [0.717, 1.165) is 5.56 Å². The molecule has 1 aliphatic heterocycles. The minimum Gasteiger partial charge on any atom is -0.332 e. The molecule has 2 amide bonds. The van der Waals surface area contributed by atoms with Gasteiger partial charge in [-0.3, -0.25) is 0 Å². The average Bonchev–Trinajstić information content (AvgIpc) is 3.27. The Hall–Kier alpha value is -2.40. The van der Waals surface area contributed by atoms with Gasteiger partial charge in [0, 0.05) is 16.7 Å². The van der Waals surface area contributed by atoms with Gasteiger partial charge in [0.15, 0.2) is 0 Å². The van der Waals surface area contributed by atoms with Crippen LogP contribution in [0.15, 0.2) is 48.5 Å². The van der Waals surface area contributed by atoms with Crippen molar-refractivity contribution < 1.29 is 14.0 Å². The first-order valence-corrected chi connectivity index (χ1v) is 7.48. The summed E-state index contributed by atoms with van der Waals surface area (Å²) < 4.78 is 14.3. The summed E-state index contributed by atoms with van der Waals surface area (Å²) in [7, 11) is 0. The molecule has 4 nitrogen and oxygen atoms in total. The molecule has 0 bridgehead atoms. The van der Waals surface area contributed by atoms with Crippen molar-refractivity contribution in [2.24, 2.45) is 0 Å². The third-order valence-corrected chi connectivity index (χ3v) is 3.43. The molecule has 0 spiro atoms. The lowest BCUT2D eigenvalue weighted by atomic mass is 10.0. The van der Waals surface area contributed by atoms with Crippen LogP contribution < -0.4 is 5.32 Å². The Kier molecular flexibility index (Phi) is 3.82. The van der Waals surface area contributed by atoms with Crippen LogP contribution in [0.5, 0.6) is 0 Å². The second-order valence-corrected chi connectivity index (χ2v) is 6.57. The van der Waals surface area contributed by atoms with Gasteiger partial charge in [0.2, 0.25) is 6.23 Å². The molecule has 0 saturated carbocycles. The Balaban J connectivity index is 1.74. The van der Waals surface area contributed by atoms with E-state index in [-0.39, 0.29) is 17.4 Å². The van der Waals surface area contributed by atoms with Gasteiger partial charge in [0.1, 0.15) is 5.82 Å². The average molecular weight is 314 g/mol. The quantitative estimate of drug-likeness (QED) is 0.842. The number of hydroxylamine groups is 2. The van der Waals surface area contributed by atoms with E-state index in [0.29, 0.717) is 11.1 Å². The van der Waals surface area contributed by atoms with Crippen LogP contribution in [0.3, 0.4) is 0 Å². The van der Waals surface area contributed by atoms with Crippen molar-refractivity contribution in [3.05, 3.63) is 59.9 Å². The van der Waals surface area contributed by atoms with Gasteiger partial charge < -0.3 is 5.32 Å². The molecule has 1 aliphatic rings. The number of urea groups is 1. The molecule has 2 aromatic rings. The predicted molar refractivity (Wildman–Crippen MR) is 85.8 cm³/mol. The summed E-state index contributed by atoms with van der Waals surface area (Å²) in [5, 5.41) is 4.01. The predicted octanol–water partition coefficient (Wildman–Crippen LogP) is 4.25. The molecule has 1 heterocycles. The van der Waals surface area contributed by atoms with Crippen LogP contribution in [0.25, 0.3) is 11.1 Å². The third-order valence-electron chi connectivity index (χ3n) is 3.43. The second kappa shape index (κ2) is 5.66. The summed E-state index contributed by atoms with van der Waals surface area (Å²) in [4.78, 5) is 17.2. The summed E-state index contributed by atoms with van der Waals surface area (Å²) in [6, 6.07) is 13.9. The fraction of sp³-hybridized carbons (Fsp3) is 0.278. The lowest BCUT2D eigenvalue weighted by Gasteiger charge is -2.19. The van der Waals surface area contributed by atoms with Crippen LogP contribution in [0.4, 0.5) is 9.18 Å². The van der Waals surface area contributed by atoms with Crippen molar-refractivity contribution in [2.45, 2.75) is 32.5 Å². The van der Waals surface area contributed by atoms with Gasteiger partial charge in [-0.05, 0) is 32.4 Å². The number of nitrogens with one attached hydrogen (secondary N) is 1. The summed E-state index contributed by atoms with van der Waals surface area (Å²) in [6.07, 6.45) is -0.531. The van der Waals surface area contributed by atoms with E-state index in [1.54, 1.807) is 12.1 Å². The van der Waals surface area contributed by atoms with E-state index in [1.807, 2.05) is 51.1 Å². The van der Waals surface area contributed by atoms with Crippen molar-refractivity contribution >= 4 is 6.03 Å². The maximum atomic E-state index is 14.3. The van der Waals surface area contributed by atoms with Crippen molar-refractivity contribution in [2.75, 3.05) is 0 Å². The third kappa shape index (κ3) is 3.51. The molecular formula is C18H19FN2O2. The number of benzene rings is 2. The normalized spacial score (nSPS) is 17.0. The number of nitrogens with zero attached hydrogens (tertiary/aromatic N) is 1. The highest BCUT2D eigenvalue weighted by Crippen LogP contribution is 2.38. The fourth-order valence-electron chi connectivity index (χ4n) is 2.34. The Morgan fingerprint density at radius 3 is 2.48 bits per heavy atom. The molecule has 1 saturated heterocycles. The first-order chi connectivity index (χ1) is 10.8. The SMILES string of the molecule is CC(C)(C)NC(=O)N1OC1c1ccc(-c2ccccc2)c(F)c1. The number of hydrogen-bond donors (Lipinski definition) is 1. The van der Waals surface area contributed by atoms with Crippen LogP contribution >= 0.6 is 0 Å². The van der Waals surface area contributed by atoms with Gasteiger partial charge >= 0.3 is 6.03 Å². The van der Waals surface area contributed by atoms with Gasteiger partial charge in [-0.25, -0.2) is 14.0 Å². The van der Waals surface area contributed by atoms with E-state index < -0.39 is 6.23 Å². The Bertz CT molecular complexity index is 726. The number of halogens is 1. The first kappa shape index (κ1) is 15.5. The molecule has 0 aliphatic carbocycles. The highest BCUT2D eigenvalue weighted by atomic mass is 19.1. The molecule has 0 aromatic heterocycles. The molecular weight excluding hydrogens is 295 g/mol. The van der Waals surface area contributed by atoms with E-state index >= 15 is 0 Å². The van der Waals surface area contributed by atoms with E-state index in [2.05, 4.69) is 5.32 Å². The summed E-state index contributed by atoms with van der Waals surface area (Å²) in [5.41, 5.74) is 1.61. The summed E-state index contributed by atoms with van der Waals surface area (Å²) in [5.74, 6) is -0.333. The minimum absolute atomic E-state index is 0.324. The van der Waals surface area contributed by atoms with Crippen LogP contribution in [0.2, 0.25) is 0 Å². The topological polar surface area (TPSA) is 44.6 Å². The number of hydrogen-bond acceptors (Lipinski definition) is 2. The molecule has 1 N–H and O–H groups in total. The highest BCUT2D eigenvalue weighted by molar-refractivity contribution is 5.75. The molecule has 1 atom stereocenters. The summed E-state index contributed by atoms with van der Waals surface area (Å²) >= 11 is 0. The molecule has 120 valence electrons. The van der Waals surface area contributed by atoms with Gasteiger partial charge in [-0.15, -0.1) is 0 Å². The zero-order valence-corrected chi connectivity index (χ0v) is 13.3. The lowest BCUT2D eigenvalue weighted by molar-refractivity contribution is 0.169. The minimum atomic E-state index is -0.531. The first-order valence-electron chi connectivity index (χ1n) is 7.48. The fourth-order valence-corrected chi connectivity index (χ4v) is 2.34. The van der Waals surface area contributed by atoms with Gasteiger partial charge in [0.05, 0.1) is 0 Å². The molecule has 2 aromatic carbocycles. The molecule has 0 radical (unpaired) electrons. The molecule has 23 heavy (non-hydrogen) atoms. The van der Waals surface area contributed by atoms with Crippen molar-refractivity contribution in [1.82, 2.24) is 10.4 Å². The van der Waals surface area contributed by atoms with Crippen molar-refractivity contribution in [3.63, 3.8) is 0 Å². The van der Waals surface area contributed by atoms with Gasteiger partial charge in [0.25, 0.3) is 0 Å². The Morgan fingerprint density at radius 1 is 1.17 bits per heavy atom. The summed E-state index contributed by atoms with van der Waals surface area (Å²) in [6.45, 7) is 5.66. The second-order valence-electron chi connectivity index (χ2n) is 6.57. The molecule has 5 heteroatoms. The molecule has 1 fully saturated rings. The maximum Gasteiger partial charge on any atom is 0.344 e. The van der Waals surface area contributed by atoms with Crippen LogP contribution in [-0.4, -0.2) is 16.6 Å². The van der Waals surface area contributed by atoms with Crippen molar-refractivity contribution in [3.8, 4) is 11.1 Å². The standard InChI is InChI=1S/C18H19FN2O2/c1-18(2,3)20-17(22)21-16(23-21)13-9-10-14(15(19)11-13)12-7-5-4-6-8-12/h4-11,16H,1-3H3,(H,20,22). The smallest absolute Gasteiger partial charge is 0.332 e. The number of carbonyl (C=O) groups excluding carboxylic acids is 1. The van der Waals surface area contributed by atoms with E-state index in [9.17, 15) is 9.18 Å². The largest absolute Gasteiger partial charge is 0.344 e. The van der Waals surface area contributed by atoms with Gasteiger partial charge in [-0.2, -0.15) is 5.06 Å². The van der Waals surface area contributed by atoms with Crippen molar-refractivity contribution in [1.29, 1.82) is 0 Å².